The number of aliphatic hydroxyl groups is 1. The minimum Gasteiger partial charge on any atom is -0.376 e. The van der Waals surface area contributed by atoms with Crippen LogP contribution in [0, 0.1) is 25.7 Å². The van der Waals surface area contributed by atoms with E-state index in [4.69, 9.17) is 0 Å². The fourth-order valence-electron chi connectivity index (χ4n) is 1.35. The Morgan fingerprint density at radius 3 is 2.54 bits per heavy atom. The summed E-state index contributed by atoms with van der Waals surface area (Å²) < 4.78 is 0. The molecule has 0 heterocycles. The molecule has 1 nitrogen and oxygen atoms in total. The quantitative estimate of drug-likeness (QED) is 0.648. The second-order valence-electron chi connectivity index (χ2n) is 3.16. The molecule has 0 saturated carbocycles. The average molecular weight is 174 g/mol. The predicted molar refractivity (Wildman–Crippen MR) is 54.3 cm³/mol. The van der Waals surface area contributed by atoms with E-state index < -0.39 is 6.10 Å². The minimum atomic E-state index is -0.648. The number of aliphatic hydroxyl groups excluding tert-OH is 1. The number of benzene rings is 1. The lowest BCUT2D eigenvalue weighted by Gasteiger charge is -2.08. The Morgan fingerprint density at radius 1 is 1.31 bits per heavy atom. The Kier molecular flexibility index (Phi) is 3.11. The molecule has 13 heavy (non-hydrogen) atoms. The fraction of sp³-hybridized carbons (Fsp3) is 0.333. The smallest absolute Gasteiger partial charge is 0.140 e. The van der Waals surface area contributed by atoms with Gasteiger partial charge in [0.2, 0.25) is 0 Å². The standard InChI is InChI=1S/C12H14O/c1-4-5-12(13)11-7-6-9(2)8-10(11)3/h6-8,12-13H,1-3H3. The van der Waals surface area contributed by atoms with Gasteiger partial charge in [-0.1, -0.05) is 29.7 Å². The summed E-state index contributed by atoms with van der Waals surface area (Å²) in [5.74, 6) is 5.44. The highest BCUT2D eigenvalue weighted by molar-refractivity contribution is 5.35. The average Bonchev–Trinajstić information content (AvgIpc) is 2.04. The van der Waals surface area contributed by atoms with E-state index in [-0.39, 0.29) is 0 Å². The van der Waals surface area contributed by atoms with Gasteiger partial charge in [0.1, 0.15) is 6.10 Å². The molecule has 1 atom stereocenters. The first-order chi connectivity index (χ1) is 6.15. The third-order valence-electron chi connectivity index (χ3n) is 2.00. The van der Waals surface area contributed by atoms with Crippen molar-refractivity contribution in [1.29, 1.82) is 0 Å². The van der Waals surface area contributed by atoms with Crippen molar-refractivity contribution in [3.63, 3.8) is 0 Å². The van der Waals surface area contributed by atoms with E-state index in [1.165, 1.54) is 5.56 Å². The molecule has 0 radical (unpaired) electrons. The van der Waals surface area contributed by atoms with Gasteiger partial charge in [0.25, 0.3) is 0 Å². The Balaban J connectivity index is 3.06. The van der Waals surface area contributed by atoms with Gasteiger partial charge in [-0.2, -0.15) is 0 Å². The summed E-state index contributed by atoms with van der Waals surface area (Å²) in [6.07, 6.45) is -0.648. The molecule has 1 unspecified atom stereocenters. The maximum atomic E-state index is 9.62. The largest absolute Gasteiger partial charge is 0.376 e. The molecule has 0 aliphatic carbocycles. The number of aryl methyl sites for hydroxylation is 2. The van der Waals surface area contributed by atoms with Crippen LogP contribution in [-0.2, 0) is 0 Å². The molecular formula is C12H14O. The van der Waals surface area contributed by atoms with Crippen LogP contribution in [0.5, 0.6) is 0 Å². The van der Waals surface area contributed by atoms with E-state index >= 15 is 0 Å². The fourth-order valence-corrected chi connectivity index (χ4v) is 1.35. The zero-order chi connectivity index (χ0) is 9.84. The molecule has 0 fully saturated rings. The highest BCUT2D eigenvalue weighted by Crippen LogP contribution is 2.17. The normalized spacial score (nSPS) is 11.7. The highest BCUT2D eigenvalue weighted by atomic mass is 16.3. The van der Waals surface area contributed by atoms with Crippen molar-refractivity contribution in [1.82, 2.24) is 0 Å². The Morgan fingerprint density at radius 2 is 2.00 bits per heavy atom. The summed E-state index contributed by atoms with van der Waals surface area (Å²) in [4.78, 5) is 0. The van der Waals surface area contributed by atoms with Gasteiger partial charge in [0.05, 0.1) is 0 Å². The van der Waals surface area contributed by atoms with E-state index in [1.54, 1.807) is 6.92 Å². The first kappa shape index (κ1) is 9.83. The molecule has 0 aromatic heterocycles. The van der Waals surface area contributed by atoms with Gasteiger partial charge in [-0.15, -0.1) is 5.92 Å². The lowest BCUT2D eigenvalue weighted by molar-refractivity contribution is 0.237. The van der Waals surface area contributed by atoms with Crippen LogP contribution in [0.3, 0.4) is 0 Å². The van der Waals surface area contributed by atoms with Crippen LogP contribution in [0.2, 0.25) is 0 Å². The van der Waals surface area contributed by atoms with Crippen molar-refractivity contribution in [2.75, 3.05) is 0 Å². The van der Waals surface area contributed by atoms with Crippen LogP contribution in [0.4, 0.5) is 0 Å². The van der Waals surface area contributed by atoms with Crippen molar-refractivity contribution in [3.8, 4) is 11.8 Å². The lowest BCUT2D eigenvalue weighted by Crippen LogP contribution is -1.97. The first-order valence-electron chi connectivity index (χ1n) is 4.32. The topological polar surface area (TPSA) is 20.2 Å². The number of rotatable bonds is 1. The molecule has 1 heteroatoms. The molecular weight excluding hydrogens is 160 g/mol. The van der Waals surface area contributed by atoms with Crippen LogP contribution >= 0.6 is 0 Å². The second-order valence-corrected chi connectivity index (χ2v) is 3.16. The molecule has 0 bridgehead atoms. The Hall–Kier alpha value is -1.26. The Labute approximate surface area is 79.4 Å². The van der Waals surface area contributed by atoms with Crippen LogP contribution in [0.1, 0.15) is 29.7 Å². The summed E-state index contributed by atoms with van der Waals surface area (Å²) in [6.45, 7) is 5.75. The van der Waals surface area contributed by atoms with Crippen molar-refractivity contribution >= 4 is 0 Å². The second kappa shape index (κ2) is 4.11. The van der Waals surface area contributed by atoms with Gasteiger partial charge < -0.3 is 5.11 Å². The summed E-state index contributed by atoms with van der Waals surface area (Å²) in [5, 5.41) is 9.62. The van der Waals surface area contributed by atoms with Crippen LogP contribution in [-0.4, -0.2) is 5.11 Å². The van der Waals surface area contributed by atoms with Crippen molar-refractivity contribution in [3.05, 3.63) is 34.9 Å². The third kappa shape index (κ3) is 2.34. The predicted octanol–water partition coefficient (Wildman–Crippen LogP) is 2.36. The summed E-state index contributed by atoms with van der Waals surface area (Å²) in [7, 11) is 0. The maximum Gasteiger partial charge on any atom is 0.140 e. The molecule has 1 rings (SSSR count). The minimum absolute atomic E-state index is 0.648. The summed E-state index contributed by atoms with van der Waals surface area (Å²) in [5.41, 5.74) is 3.20. The van der Waals surface area contributed by atoms with Gasteiger partial charge in [-0.05, 0) is 31.9 Å². The van der Waals surface area contributed by atoms with Crippen LogP contribution in [0.25, 0.3) is 0 Å². The zero-order valence-electron chi connectivity index (χ0n) is 8.26. The monoisotopic (exact) mass is 174 g/mol. The van der Waals surface area contributed by atoms with Gasteiger partial charge in [-0.3, -0.25) is 0 Å². The lowest BCUT2D eigenvalue weighted by atomic mass is 10.0. The molecule has 0 amide bonds. The van der Waals surface area contributed by atoms with E-state index in [0.717, 1.165) is 11.1 Å². The molecule has 0 saturated heterocycles. The highest BCUT2D eigenvalue weighted by Gasteiger charge is 2.05. The molecule has 0 aliphatic heterocycles. The van der Waals surface area contributed by atoms with Gasteiger partial charge >= 0.3 is 0 Å². The molecule has 0 aliphatic rings. The molecule has 1 N–H and O–H groups in total. The van der Waals surface area contributed by atoms with E-state index in [2.05, 4.69) is 17.9 Å². The molecule has 68 valence electrons. The third-order valence-corrected chi connectivity index (χ3v) is 2.00. The van der Waals surface area contributed by atoms with Gasteiger partial charge in [-0.25, -0.2) is 0 Å². The van der Waals surface area contributed by atoms with E-state index in [9.17, 15) is 5.11 Å². The van der Waals surface area contributed by atoms with Gasteiger partial charge in [0, 0.05) is 0 Å². The first-order valence-corrected chi connectivity index (χ1v) is 4.32. The van der Waals surface area contributed by atoms with Crippen molar-refractivity contribution in [2.24, 2.45) is 0 Å². The van der Waals surface area contributed by atoms with Crippen LogP contribution in [0.15, 0.2) is 18.2 Å². The zero-order valence-corrected chi connectivity index (χ0v) is 8.26. The van der Waals surface area contributed by atoms with Gasteiger partial charge in [0.15, 0.2) is 0 Å². The van der Waals surface area contributed by atoms with E-state index in [1.807, 2.05) is 26.0 Å². The number of hydrogen-bond donors (Lipinski definition) is 1. The molecule has 0 spiro atoms. The SMILES string of the molecule is CC#CC(O)c1ccc(C)cc1C. The van der Waals surface area contributed by atoms with Crippen LogP contribution < -0.4 is 0 Å². The summed E-state index contributed by atoms with van der Waals surface area (Å²) >= 11 is 0. The molecule has 1 aromatic rings. The Bertz CT molecular complexity index is 355. The van der Waals surface area contributed by atoms with Crippen molar-refractivity contribution in [2.45, 2.75) is 26.9 Å². The molecule has 1 aromatic carbocycles. The summed E-state index contributed by atoms with van der Waals surface area (Å²) in [6, 6.07) is 5.97. The number of hydrogen-bond acceptors (Lipinski definition) is 1. The maximum absolute atomic E-state index is 9.62. The van der Waals surface area contributed by atoms with Crippen molar-refractivity contribution < 1.29 is 5.11 Å². The van der Waals surface area contributed by atoms with E-state index in [0.29, 0.717) is 0 Å².